The topological polar surface area (TPSA) is 31.9 Å². The van der Waals surface area contributed by atoms with Crippen LogP contribution in [0.25, 0.3) is 0 Å². The number of hydrogen-bond donors (Lipinski definition) is 1. The van der Waals surface area contributed by atoms with Crippen LogP contribution in [0.5, 0.6) is 0 Å². The average molecular weight is 142 g/mol. The summed E-state index contributed by atoms with van der Waals surface area (Å²) in [6.45, 7) is 4.54. The molecule has 2 heteroatoms. The summed E-state index contributed by atoms with van der Waals surface area (Å²) < 4.78 is 0. The van der Waals surface area contributed by atoms with Crippen molar-refractivity contribution in [1.82, 2.24) is 5.32 Å². The van der Waals surface area contributed by atoms with Crippen molar-refractivity contribution < 1.29 is 5.11 Å². The molecule has 2 unspecified atom stereocenters. The van der Waals surface area contributed by atoms with Gasteiger partial charge in [0.25, 0.3) is 0 Å². The molecule has 0 amide bonds. The molecule has 2 atom stereocenters. The molecule has 59 valence electrons. The Bertz CT molecular complexity index is 93.3. The van der Waals surface area contributed by atoms with Gasteiger partial charge in [-0.2, -0.15) is 0 Å². The zero-order valence-electron chi connectivity index (χ0n) is 6.60. The van der Waals surface area contributed by atoms with Crippen molar-refractivity contribution in [3.63, 3.8) is 0 Å². The van der Waals surface area contributed by atoms with Crippen molar-refractivity contribution in [2.75, 3.05) is 19.7 Å². The molecular weight excluding hydrogens is 126 g/mol. The second-order valence-electron chi connectivity index (χ2n) is 3.22. The highest BCUT2D eigenvalue weighted by Gasteiger charge is 2.19. The molecule has 0 aromatic heterocycles. The van der Waals surface area contributed by atoms with Crippen molar-refractivity contribution in [1.29, 1.82) is 0 Å². The predicted octanol–water partition coefficient (Wildman–Crippen LogP) is 1.05. The molecule has 1 fully saturated rings. The van der Waals surface area contributed by atoms with E-state index in [0.717, 1.165) is 25.4 Å². The lowest BCUT2D eigenvalue weighted by atomic mass is 9.86. The first kappa shape index (κ1) is 8.02. The third-order valence-corrected chi connectivity index (χ3v) is 2.48. The molecule has 1 saturated heterocycles. The van der Waals surface area contributed by atoms with E-state index in [-0.39, 0.29) is 6.61 Å². The van der Waals surface area contributed by atoms with E-state index in [1.54, 1.807) is 0 Å². The van der Waals surface area contributed by atoms with Crippen molar-refractivity contribution in [2.24, 2.45) is 11.8 Å². The van der Waals surface area contributed by atoms with Gasteiger partial charge in [-0.15, -0.1) is 0 Å². The summed E-state index contributed by atoms with van der Waals surface area (Å²) in [4.78, 5) is 0. The van der Waals surface area contributed by atoms with Gasteiger partial charge in [0, 0.05) is 0 Å². The number of rotatable bonds is 2. The van der Waals surface area contributed by atoms with Crippen molar-refractivity contribution >= 4 is 0 Å². The molecule has 0 aromatic carbocycles. The molecule has 1 aliphatic rings. The molecule has 1 heterocycles. The molecule has 1 aliphatic heterocycles. The minimum Gasteiger partial charge on any atom is -0.316 e. The second-order valence-corrected chi connectivity index (χ2v) is 3.22. The van der Waals surface area contributed by atoms with E-state index in [1.807, 2.05) is 0 Å². The highest BCUT2D eigenvalue weighted by Crippen LogP contribution is 2.20. The Balaban J connectivity index is 2.25. The summed E-state index contributed by atoms with van der Waals surface area (Å²) in [5, 5.41) is 13.6. The van der Waals surface area contributed by atoms with Crippen LogP contribution in [0.2, 0.25) is 0 Å². The number of hydrogen-bond acceptors (Lipinski definition) is 1. The maximum atomic E-state index is 10.3. The van der Waals surface area contributed by atoms with Gasteiger partial charge in [-0.05, 0) is 37.8 Å². The standard InChI is InChI=1S/C8H16NO/c1-7-2-4-9-6-8(7)3-5-10/h7-9H,2-6H2,1H3. The van der Waals surface area contributed by atoms with Crippen LogP contribution in [0.4, 0.5) is 0 Å². The highest BCUT2D eigenvalue weighted by atomic mass is 16.3. The maximum Gasteiger partial charge on any atom is 0.0825 e. The fourth-order valence-corrected chi connectivity index (χ4v) is 1.59. The quantitative estimate of drug-likeness (QED) is 0.614. The van der Waals surface area contributed by atoms with E-state index in [4.69, 9.17) is 0 Å². The SMILES string of the molecule is CC1CCNCC1CC[O]. The summed E-state index contributed by atoms with van der Waals surface area (Å²) in [5.74, 6) is 1.40. The van der Waals surface area contributed by atoms with Gasteiger partial charge < -0.3 is 5.32 Å². The van der Waals surface area contributed by atoms with E-state index in [2.05, 4.69) is 12.2 Å². The van der Waals surface area contributed by atoms with Gasteiger partial charge in [-0.1, -0.05) is 6.92 Å². The van der Waals surface area contributed by atoms with Crippen LogP contribution >= 0.6 is 0 Å². The van der Waals surface area contributed by atoms with Crippen LogP contribution in [0, 0.1) is 11.8 Å². The largest absolute Gasteiger partial charge is 0.316 e. The molecule has 0 spiro atoms. The Morgan fingerprint density at radius 2 is 2.40 bits per heavy atom. The van der Waals surface area contributed by atoms with Gasteiger partial charge >= 0.3 is 0 Å². The van der Waals surface area contributed by atoms with Gasteiger partial charge in [0.05, 0.1) is 6.61 Å². The minimum absolute atomic E-state index is 0.0939. The average Bonchev–Trinajstić information content (AvgIpc) is 1.94. The summed E-state index contributed by atoms with van der Waals surface area (Å²) in [5.41, 5.74) is 0. The predicted molar refractivity (Wildman–Crippen MR) is 40.3 cm³/mol. The first-order valence-electron chi connectivity index (χ1n) is 4.13. The summed E-state index contributed by atoms with van der Waals surface area (Å²) in [7, 11) is 0. The molecule has 10 heavy (non-hydrogen) atoms. The summed E-state index contributed by atoms with van der Waals surface area (Å²) in [6.07, 6.45) is 2.10. The first-order chi connectivity index (χ1) is 4.84. The second kappa shape index (κ2) is 3.94. The lowest BCUT2D eigenvalue weighted by molar-refractivity contribution is 0.143. The summed E-state index contributed by atoms with van der Waals surface area (Å²) >= 11 is 0. The minimum atomic E-state index is 0.0939. The van der Waals surface area contributed by atoms with E-state index in [0.29, 0.717) is 5.92 Å². The highest BCUT2D eigenvalue weighted by molar-refractivity contribution is 4.74. The number of nitrogens with one attached hydrogen (secondary N) is 1. The smallest absolute Gasteiger partial charge is 0.0825 e. The van der Waals surface area contributed by atoms with Crippen LogP contribution < -0.4 is 5.32 Å². The van der Waals surface area contributed by atoms with Crippen LogP contribution in [-0.4, -0.2) is 19.7 Å². The molecule has 2 nitrogen and oxygen atoms in total. The maximum absolute atomic E-state index is 10.3. The van der Waals surface area contributed by atoms with E-state index in [1.165, 1.54) is 6.42 Å². The molecule has 0 bridgehead atoms. The Morgan fingerprint density at radius 1 is 1.60 bits per heavy atom. The van der Waals surface area contributed by atoms with Crippen LogP contribution in [0.1, 0.15) is 19.8 Å². The lowest BCUT2D eigenvalue weighted by Crippen LogP contribution is -2.35. The molecule has 0 aromatic rings. The lowest BCUT2D eigenvalue weighted by Gasteiger charge is -2.28. The Morgan fingerprint density at radius 3 is 3.00 bits per heavy atom. The molecule has 1 N–H and O–H groups in total. The fourth-order valence-electron chi connectivity index (χ4n) is 1.59. The molecule has 1 rings (SSSR count). The Hall–Kier alpha value is -0.0800. The third-order valence-electron chi connectivity index (χ3n) is 2.48. The van der Waals surface area contributed by atoms with E-state index >= 15 is 0 Å². The van der Waals surface area contributed by atoms with Gasteiger partial charge in [0.15, 0.2) is 0 Å². The van der Waals surface area contributed by atoms with Crippen molar-refractivity contribution in [3.8, 4) is 0 Å². The van der Waals surface area contributed by atoms with Crippen LogP contribution in [0.3, 0.4) is 0 Å². The third kappa shape index (κ3) is 1.96. The normalized spacial score (nSPS) is 34.2. The number of piperidine rings is 1. The van der Waals surface area contributed by atoms with Gasteiger partial charge in [0.2, 0.25) is 0 Å². The van der Waals surface area contributed by atoms with Crippen LogP contribution in [-0.2, 0) is 5.11 Å². The van der Waals surface area contributed by atoms with Crippen molar-refractivity contribution in [2.45, 2.75) is 19.8 Å². The summed E-state index contributed by atoms with van der Waals surface area (Å²) in [6, 6.07) is 0. The van der Waals surface area contributed by atoms with Gasteiger partial charge in [-0.25, -0.2) is 5.11 Å². The zero-order valence-corrected chi connectivity index (χ0v) is 6.60. The molecule has 0 saturated carbocycles. The Kier molecular flexibility index (Phi) is 3.16. The van der Waals surface area contributed by atoms with Gasteiger partial charge in [-0.3, -0.25) is 0 Å². The van der Waals surface area contributed by atoms with Gasteiger partial charge in [0.1, 0.15) is 0 Å². The first-order valence-corrected chi connectivity index (χ1v) is 4.13. The fraction of sp³-hybridized carbons (Fsp3) is 1.00. The van der Waals surface area contributed by atoms with E-state index in [9.17, 15) is 5.11 Å². The zero-order chi connectivity index (χ0) is 7.40. The van der Waals surface area contributed by atoms with Crippen LogP contribution in [0.15, 0.2) is 0 Å². The Labute approximate surface area is 62.6 Å². The van der Waals surface area contributed by atoms with E-state index < -0.39 is 0 Å². The molecule has 0 aliphatic carbocycles. The van der Waals surface area contributed by atoms with Crippen molar-refractivity contribution in [3.05, 3.63) is 0 Å². The molecular formula is C8H16NO. The monoisotopic (exact) mass is 142 g/mol. The molecule has 1 radical (unpaired) electrons.